The Bertz CT molecular complexity index is 946. The summed E-state index contributed by atoms with van der Waals surface area (Å²) >= 11 is 0. The minimum absolute atomic E-state index is 0.124. The molecule has 1 aliphatic rings. The molecule has 164 valence electrons. The van der Waals surface area contributed by atoms with Gasteiger partial charge in [0.15, 0.2) is 0 Å². The summed E-state index contributed by atoms with van der Waals surface area (Å²) in [4.78, 5) is 26.0. The molecule has 0 aliphatic carbocycles. The van der Waals surface area contributed by atoms with E-state index in [1.165, 1.54) is 11.0 Å². The van der Waals surface area contributed by atoms with Gasteiger partial charge in [0.1, 0.15) is 12.4 Å². The fourth-order valence-corrected chi connectivity index (χ4v) is 4.14. The minimum Gasteiger partial charge on any atom is -0.544 e. The molecule has 1 heterocycles. The van der Waals surface area contributed by atoms with Crippen LogP contribution in [0.4, 0.5) is 4.79 Å². The van der Waals surface area contributed by atoms with Crippen molar-refractivity contribution in [3.63, 3.8) is 0 Å². The minimum atomic E-state index is -1.90. The SMILES string of the molecule is CC(C)(C)[Si](C)(C)Oc1ccc(/C=C/C(=O)N2C(=O)OC[C@@H]2Cc2ccccc2)cc1. The summed E-state index contributed by atoms with van der Waals surface area (Å²) in [5, 5.41) is 0.124. The van der Waals surface area contributed by atoms with Crippen molar-refractivity contribution in [2.75, 3.05) is 6.61 Å². The van der Waals surface area contributed by atoms with Gasteiger partial charge in [0.25, 0.3) is 5.91 Å². The normalized spacial score (nSPS) is 17.1. The fraction of sp³-hybridized carbons (Fsp3) is 0.360. The summed E-state index contributed by atoms with van der Waals surface area (Å²) in [6.07, 6.45) is 3.12. The molecule has 0 saturated carbocycles. The van der Waals surface area contributed by atoms with Crippen LogP contribution < -0.4 is 4.43 Å². The van der Waals surface area contributed by atoms with Crippen LogP contribution in [0, 0.1) is 0 Å². The van der Waals surface area contributed by atoms with Crippen molar-refractivity contribution < 1.29 is 18.8 Å². The number of amides is 2. The number of carbonyl (C=O) groups excluding carboxylic acids is 2. The molecule has 0 unspecified atom stereocenters. The van der Waals surface area contributed by atoms with Gasteiger partial charge in [-0.3, -0.25) is 4.79 Å². The highest BCUT2D eigenvalue weighted by molar-refractivity contribution is 6.74. The molecule has 0 spiro atoms. The number of ether oxygens (including phenoxy) is 1. The molecule has 1 aliphatic heterocycles. The topological polar surface area (TPSA) is 55.8 Å². The number of hydrogen-bond donors (Lipinski definition) is 0. The van der Waals surface area contributed by atoms with Gasteiger partial charge >= 0.3 is 6.09 Å². The summed E-state index contributed by atoms with van der Waals surface area (Å²) < 4.78 is 11.4. The lowest BCUT2D eigenvalue weighted by molar-refractivity contribution is -0.124. The molecule has 0 N–H and O–H groups in total. The van der Waals surface area contributed by atoms with Crippen LogP contribution in [0.3, 0.4) is 0 Å². The third-order valence-electron chi connectivity index (χ3n) is 5.99. The second-order valence-corrected chi connectivity index (χ2v) is 14.1. The van der Waals surface area contributed by atoms with Crippen LogP contribution in [0.5, 0.6) is 5.75 Å². The Hall–Kier alpha value is -2.86. The third kappa shape index (κ3) is 5.64. The summed E-state index contributed by atoms with van der Waals surface area (Å²) in [6.45, 7) is 11.2. The van der Waals surface area contributed by atoms with E-state index in [2.05, 4.69) is 33.9 Å². The molecule has 2 aromatic rings. The molecule has 1 atom stereocenters. The van der Waals surface area contributed by atoms with Gasteiger partial charge in [0, 0.05) is 6.08 Å². The number of rotatable bonds is 6. The van der Waals surface area contributed by atoms with Crippen LogP contribution in [-0.4, -0.2) is 37.9 Å². The molecule has 6 heteroatoms. The predicted molar refractivity (Wildman–Crippen MR) is 125 cm³/mol. The summed E-state index contributed by atoms with van der Waals surface area (Å²) in [6, 6.07) is 17.2. The van der Waals surface area contributed by atoms with Crippen LogP contribution in [0.25, 0.3) is 6.08 Å². The zero-order valence-corrected chi connectivity index (χ0v) is 19.9. The fourth-order valence-electron chi connectivity index (χ4n) is 3.11. The molecule has 1 saturated heterocycles. The smallest absolute Gasteiger partial charge is 0.417 e. The van der Waals surface area contributed by atoms with E-state index in [0.717, 1.165) is 16.9 Å². The van der Waals surface area contributed by atoms with E-state index in [9.17, 15) is 9.59 Å². The number of hydrogen-bond acceptors (Lipinski definition) is 4. The van der Waals surface area contributed by atoms with Crippen LogP contribution >= 0.6 is 0 Å². The molecule has 0 radical (unpaired) electrons. The van der Waals surface area contributed by atoms with Crippen LogP contribution in [0.15, 0.2) is 60.7 Å². The summed E-state index contributed by atoms with van der Waals surface area (Å²) in [5.74, 6) is 0.464. The van der Waals surface area contributed by atoms with E-state index >= 15 is 0 Å². The first-order valence-electron chi connectivity index (χ1n) is 10.6. The van der Waals surface area contributed by atoms with Crippen molar-refractivity contribution in [2.24, 2.45) is 0 Å². The van der Waals surface area contributed by atoms with Gasteiger partial charge in [0.2, 0.25) is 8.32 Å². The van der Waals surface area contributed by atoms with Gasteiger partial charge in [-0.1, -0.05) is 63.2 Å². The standard InChI is InChI=1S/C25H31NO4Si/c1-25(2,3)31(4,5)30-22-14-11-19(12-15-22)13-16-23(27)26-21(18-29-24(26)28)17-20-9-7-6-8-10-20/h6-16,21H,17-18H2,1-5H3/b16-13+/t21-/m0/s1. The Morgan fingerprint density at radius 3 is 2.39 bits per heavy atom. The first-order valence-corrected chi connectivity index (χ1v) is 13.5. The molecule has 2 aromatic carbocycles. The zero-order valence-electron chi connectivity index (χ0n) is 18.9. The number of cyclic esters (lactones) is 1. The van der Waals surface area contributed by atoms with Gasteiger partial charge in [-0.2, -0.15) is 0 Å². The lowest BCUT2D eigenvalue weighted by Crippen LogP contribution is -2.43. The number of benzene rings is 2. The van der Waals surface area contributed by atoms with Crippen LogP contribution in [-0.2, 0) is 16.0 Å². The quantitative estimate of drug-likeness (QED) is 0.431. The highest BCUT2D eigenvalue weighted by Gasteiger charge is 2.39. The van der Waals surface area contributed by atoms with Gasteiger partial charge in [0.05, 0.1) is 6.04 Å². The van der Waals surface area contributed by atoms with Crippen molar-refractivity contribution in [1.29, 1.82) is 0 Å². The molecule has 31 heavy (non-hydrogen) atoms. The summed E-state index contributed by atoms with van der Waals surface area (Å²) in [7, 11) is -1.90. The van der Waals surface area contributed by atoms with E-state index in [-0.39, 0.29) is 23.6 Å². The van der Waals surface area contributed by atoms with Crippen molar-refractivity contribution in [3.8, 4) is 5.75 Å². The predicted octanol–water partition coefficient (Wildman–Crippen LogP) is 5.67. The van der Waals surface area contributed by atoms with E-state index in [1.54, 1.807) is 6.08 Å². The van der Waals surface area contributed by atoms with Crippen LogP contribution in [0.2, 0.25) is 18.1 Å². The highest BCUT2D eigenvalue weighted by atomic mass is 28.4. The van der Waals surface area contributed by atoms with Gasteiger partial charge in [-0.15, -0.1) is 0 Å². The van der Waals surface area contributed by atoms with Gasteiger partial charge in [-0.25, -0.2) is 9.69 Å². The second-order valence-electron chi connectivity index (χ2n) is 9.39. The molecular weight excluding hydrogens is 406 g/mol. The van der Waals surface area contributed by atoms with Crippen molar-refractivity contribution in [2.45, 2.75) is 51.4 Å². The highest BCUT2D eigenvalue weighted by Crippen LogP contribution is 2.37. The Labute approximate surface area is 185 Å². The maximum atomic E-state index is 12.7. The Kier molecular flexibility index (Phi) is 6.70. The third-order valence-corrected chi connectivity index (χ3v) is 10.3. The molecule has 0 bridgehead atoms. The van der Waals surface area contributed by atoms with Gasteiger partial charge < -0.3 is 9.16 Å². The maximum Gasteiger partial charge on any atom is 0.417 e. The number of carbonyl (C=O) groups is 2. The average molecular weight is 438 g/mol. The zero-order chi connectivity index (χ0) is 22.6. The van der Waals surface area contributed by atoms with E-state index in [0.29, 0.717) is 6.42 Å². The lowest BCUT2D eigenvalue weighted by atomic mass is 10.1. The number of nitrogens with zero attached hydrogens (tertiary/aromatic N) is 1. The molecular formula is C25H31NO4Si. The summed E-state index contributed by atoms with van der Waals surface area (Å²) in [5.41, 5.74) is 1.92. The lowest BCUT2D eigenvalue weighted by Gasteiger charge is -2.36. The van der Waals surface area contributed by atoms with Crippen molar-refractivity contribution in [1.82, 2.24) is 4.90 Å². The molecule has 3 rings (SSSR count). The Balaban J connectivity index is 1.65. The Morgan fingerprint density at radius 2 is 1.77 bits per heavy atom. The van der Waals surface area contributed by atoms with Crippen molar-refractivity contribution >= 4 is 26.4 Å². The van der Waals surface area contributed by atoms with E-state index in [1.807, 2.05) is 54.6 Å². The second kappa shape index (κ2) is 9.10. The average Bonchev–Trinajstić information content (AvgIpc) is 3.07. The first-order chi connectivity index (χ1) is 14.6. The Morgan fingerprint density at radius 1 is 1.13 bits per heavy atom. The molecule has 5 nitrogen and oxygen atoms in total. The molecule has 1 fully saturated rings. The van der Waals surface area contributed by atoms with Gasteiger partial charge in [-0.05, 0) is 53.9 Å². The van der Waals surface area contributed by atoms with Crippen molar-refractivity contribution in [3.05, 3.63) is 71.8 Å². The van der Waals surface area contributed by atoms with E-state index in [4.69, 9.17) is 9.16 Å². The van der Waals surface area contributed by atoms with E-state index < -0.39 is 14.4 Å². The maximum absolute atomic E-state index is 12.7. The first kappa shape index (κ1) is 22.8. The number of imide groups is 1. The molecule has 0 aromatic heterocycles. The van der Waals surface area contributed by atoms with Crippen LogP contribution in [0.1, 0.15) is 31.9 Å². The molecule has 2 amide bonds. The monoisotopic (exact) mass is 437 g/mol. The largest absolute Gasteiger partial charge is 0.544 e.